The molecule has 1 saturated heterocycles. The summed E-state index contributed by atoms with van der Waals surface area (Å²) in [5.74, 6) is -2.22. The number of nitrogens with one attached hydrogen (secondary N) is 2. The van der Waals surface area contributed by atoms with Crippen LogP contribution in [0, 0.1) is 12.7 Å². The molecule has 0 aliphatic carbocycles. The summed E-state index contributed by atoms with van der Waals surface area (Å²) in [7, 11) is 0. The highest BCUT2D eigenvalue weighted by atomic mass is 32.1. The van der Waals surface area contributed by atoms with Crippen LogP contribution in [0.4, 0.5) is 29.1 Å². The van der Waals surface area contributed by atoms with Gasteiger partial charge in [0.1, 0.15) is 22.2 Å². The summed E-state index contributed by atoms with van der Waals surface area (Å²) in [6.45, 7) is 5.00. The summed E-state index contributed by atoms with van der Waals surface area (Å²) in [4.78, 5) is 31.5. The quantitative estimate of drug-likeness (QED) is 0.442. The second-order valence-electron chi connectivity index (χ2n) is 8.64. The maximum absolute atomic E-state index is 14.2. The molecule has 0 unspecified atom stereocenters. The predicted octanol–water partition coefficient (Wildman–Crippen LogP) is 4.76. The lowest BCUT2D eigenvalue weighted by atomic mass is 10.1. The number of hydrogen-bond donors (Lipinski definition) is 2. The average Bonchev–Trinajstić information content (AvgIpc) is 3.35. The van der Waals surface area contributed by atoms with Crippen molar-refractivity contribution in [2.24, 2.45) is 0 Å². The molecule has 1 fully saturated rings. The van der Waals surface area contributed by atoms with Crippen molar-refractivity contribution in [2.45, 2.75) is 51.9 Å². The van der Waals surface area contributed by atoms with Gasteiger partial charge in [-0.3, -0.25) is 9.59 Å². The van der Waals surface area contributed by atoms with Crippen LogP contribution in [-0.2, 0) is 11.3 Å². The minimum absolute atomic E-state index is 0.171. The van der Waals surface area contributed by atoms with E-state index < -0.39 is 29.8 Å². The van der Waals surface area contributed by atoms with Gasteiger partial charge in [0.25, 0.3) is 5.91 Å². The number of aryl methyl sites for hydroxylation is 2. The molecule has 1 aliphatic rings. The van der Waals surface area contributed by atoms with Gasteiger partial charge >= 0.3 is 12.1 Å². The monoisotopic (exact) mass is 538 g/mol. The van der Waals surface area contributed by atoms with Crippen LogP contribution in [-0.4, -0.2) is 51.9 Å². The van der Waals surface area contributed by atoms with Gasteiger partial charge in [0.05, 0.1) is 6.20 Å². The largest absolute Gasteiger partial charge is 0.471 e. The number of benzene rings is 1. The maximum Gasteiger partial charge on any atom is 0.471 e. The third-order valence-electron chi connectivity index (χ3n) is 6.10. The van der Waals surface area contributed by atoms with E-state index in [9.17, 15) is 27.2 Å². The van der Waals surface area contributed by atoms with Gasteiger partial charge in [-0.05, 0) is 45.2 Å². The minimum atomic E-state index is -4.93. The highest BCUT2D eigenvalue weighted by molar-refractivity contribution is 7.15. The first-order valence-corrected chi connectivity index (χ1v) is 12.6. The van der Waals surface area contributed by atoms with E-state index in [1.165, 1.54) is 23.6 Å². The van der Waals surface area contributed by atoms with E-state index in [0.29, 0.717) is 65.9 Å². The highest BCUT2D eigenvalue weighted by Crippen LogP contribution is 2.32. The first-order valence-electron chi connectivity index (χ1n) is 11.8. The normalized spacial score (nSPS) is 16.4. The van der Waals surface area contributed by atoms with Crippen molar-refractivity contribution in [3.8, 4) is 10.6 Å². The summed E-state index contributed by atoms with van der Waals surface area (Å²) in [6.07, 6.45) is -2.16. The molecule has 8 nitrogen and oxygen atoms in total. The average molecular weight is 539 g/mol. The third-order valence-corrected chi connectivity index (χ3v) is 7.10. The summed E-state index contributed by atoms with van der Waals surface area (Å²) < 4.78 is 53.9. The Hall–Kier alpha value is -3.48. The van der Waals surface area contributed by atoms with Crippen LogP contribution < -0.4 is 15.5 Å². The van der Waals surface area contributed by atoms with E-state index in [4.69, 9.17) is 0 Å². The molecular weight excluding hydrogens is 512 g/mol. The summed E-state index contributed by atoms with van der Waals surface area (Å²) in [5.41, 5.74) is 0.916. The van der Waals surface area contributed by atoms with Gasteiger partial charge in [-0.1, -0.05) is 12.1 Å². The SMILES string of the molecule is CCn1ncc(NC(=O)c2nc(-c3ccccc3F)sc2C)c1N1CCC[C@@H](NC(=O)C(F)(F)F)CC1. The summed E-state index contributed by atoms with van der Waals surface area (Å²) in [6, 6.07) is 5.60. The molecule has 0 bridgehead atoms. The molecule has 0 radical (unpaired) electrons. The Bertz CT molecular complexity index is 1290. The number of amides is 2. The molecule has 0 spiro atoms. The number of thiazole rings is 1. The molecule has 37 heavy (non-hydrogen) atoms. The van der Waals surface area contributed by atoms with Crippen molar-refractivity contribution >= 4 is 34.7 Å². The maximum atomic E-state index is 14.2. The lowest BCUT2D eigenvalue weighted by Crippen LogP contribution is -2.43. The van der Waals surface area contributed by atoms with Crippen LogP contribution in [0.2, 0.25) is 0 Å². The number of halogens is 4. The van der Waals surface area contributed by atoms with Crippen molar-refractivity contribution in [2.75, 3.05) is 23.3 Å². The van der Waals surface area contributed by atoms with Crippen molar-refractivity contribution in [3.05, 3.63) is 46.9 Å². The lowest BCUT2D eigenvalue weighted by Gasteiger charge is -2.25. The van der Waals surface area contributed by atoms with Crippen LogP contribution in [0.25, 0.3) is 10.6 Å². The Balaban J connectivity index is 1.51. The predicted molar refractivity (Wildman–Crippen MR) is 132 cm³/mol. The molecule has 1 aliphatic heterocycles. The van der Waals surface area contributed by atoms with E-state index in [1.807, 2.05) is 11.8 Å². The smallest absolute Gasteiger partial charge is 0.355 e. The van der Waals surface area contributed by atoms with Gasteiger partial charge in [-0.2, -0.15) is 18.3 Å². The van der Waals surface area contributed by atoms with E-state index in [0.717, 1.165) is 0 Å². The highest BCUT2D eigenvalue weighted by Gasteiger charge is 2.40. The lowest BCUT2D eigenvalue weighted by molar-refractivity contribution is -0.174. The van der Waals surface area contributed by atoms with Crippen molar-refractivity contribution in [3.63, 3.8) is 0 Å². The molecule has 2 aromatic heterocycles. The topological polar surface area (TPSA) is 92.2 Å². The molecule has 2 N–H and O–H groups in total. The van der Waals surface area contributed by atoms with Gasteiger partial charge < -0.3 is 15.5 Å². The number of anilines is 2. The fourth-order valence-corrected chi connectivity index (χ4v) is 5.23. The Morgan fingerprint density at radius 1 is 1.19 bits per heavy atom. The number of alkyl halides is 3. The zero-order chi connectivity index (χ0) is 26.7. The molecule has 198 valence electrons. The van der Waals surface area contributed by atoms with Crippen LogP contribution >= 0.6 is 11.3 Å². The number of nitrogens with zero attached hydrogens (tertiary/aromatic N) is 4. The van der Waals surface area contributed by atoms with Gasteiger partial charge in [0, 0.05) is 36.1 Å². The molecule has 13 heteroatoms. The fourth-order valence-electron chi connectivity index (χ4n) is 4.29. The van der Waals surface area contributed by atoms with E-state index in [-0.39, 0.29) is 5.69 Å². The number of rotatable bonds is 6. The van der Waals surface area contributed by atoms with Crippen LogP contribution in [0.15, 0.2) is 30.5 Å². The van der Waals surface area contributed by atoms with Gasteiger partial charge in [-0.25, -0.2) is 14.1 Å². The number of carbonyl (C=O) groups is 2. The minimum Gasteiger partial charge on any atom is -0.355 e. The van der Waals surface area contributed by atoms with E-state index >= 15 is 0 Å². The number of hydrogen-bond acceptors (Lipinski definition) is 6. The second kappa shape index (κ2) is 10.9. The summed E-state index contributed by atoms with van der Waals surface area (Å²) >= 11 is 1.21. The van der Waals surface area contributed by atoms with E-state index in [2.05, 4.69) is 20.7 Å². The molecule has 3 heterocycles. The zero-order valence-corrected chi connectivity index (χ0v) is 21.0. The Labute approximate surface area is 214 Å². The van der Waals surface area contributed by atoms with Crippen molar-refractivity contribution < 1.29 is 27.2 Å². The zero-order valence-electron chi connectivity index (χ0n) is 20.2. The second-order valence-corrected chi connectivity index (χ2v) is 9.84. The van der Waals surface area contributed by atoms with Crippen LogP contribution in [0.3, 0.4) is 0 Å². The number of aromatic nitrogens is 3. The molecule has 0 saturated carbocycles. The first kappa shape index (κ1) is 26.6. The van der Waals surface area contributed by atoms with E-state index in [1.54, 1.807) is 29.8 Å². The molecular formula is C24H26F4N6O2S. The third kappa shape index (κ3) is 5.92. The van der Waals surface area contributed by atoms with Crippen LogP contribution in [0.1, 0.15) is 41.6 Å². The Kier molecular flexibility index (Phi) is 7.81. The molecule has 1 aromatic carbocycles. The standard InChI is InChI=1S/C24H26F4N6O2S/c1-3-34-22(33-11-6-7-15(10-12-33)30-23(36)24(26,27)28)18(13-29-34)31-20(35)19-14(2)37-21(32-19)16-8-4-5-9-17(16)25/h4-5,8-9,13,15H,3,6-7,10-12H2,1-2H3,(H,30,36)(H,31,35)/t15-/m1/s1. The molecule has 4 rings (SSSR count). The summed E-state index contributed by atoms with van der Waals surface area (Å²) in [5, 5.41) is 9.66. The Morgan fingerprint density at radius 3 is 2.65 bits per heavy atom. The number of carbonyl (C=O) groups excluding carboxylic acids is 2. The van der Waals surface area contributed by atoms with Gasteiger partial charge in [0.2, 0.25) is 0 Å². The van der Waals surface area contributed by atoms with Gasteiger partial charge in [0.15, 0.2) is 5.82 Å². The Morgan fingerprint density at radius 2 is 1.95 bits per heavy atom. The van der Waals surface area contributed by atoms with Crippen molar-refractivity contribution in [1.29, 1.82) is 0 Å². The molecule has 2 amide bonds. The van der Waals surface area contributed by atoms with Crippen molar-refractivity contribution in [1.82, 2.24) is 20.1 Å². The van der Waals surface area contributed by atoms with Crippen LogP contribution in [0.5, 0.6) is 0 Å². The molecule has 3 aromatic rings. The molecule has 1 atom stereocenters. The first-order chi connectivity index (χ1) is 17.6. The van der Waals surface area contributed by atoms with Gasteiger partial charge in [-0.15, -0.1) is 11.3 Å². The fraction of sp³-hybridized carbons (Fsp3) is 0.417.